The first-order valence-corrected chi connectivity index (χ1v) is 11.2. The van der Waals surface area contributed by atoms with Crippen molar-refractivity contribution in [3.63, 3.8) is 0 Å². The van der Waals surface area contributed by atoms with E-state index in [0.717, 1.165) is 31.2 Å². The fraction of sp³-hybridized carbons (Fsp3) is 0.750. The number of benzene rings is 1. The molecular weight excluding hydrogens is 352 g/mol. The summed E-state index contributed by atoms with van der Waals surface area (Å²) in [5.41, 5.74) is -0.198. The van der Waals surface area contributed by atoms with Gasteiger partial charge in [-0.05, 0) is 24.8 Å². The Kier molecular flexibility index (Phi) is 12.6. The number of aliphatic hydroxyl groups is 1. The SMILES string of the molecule is CCCCCCCCC(O)(Cc1ccccc1)C(OC)(OCCC)OCCC. The van der Waals surface area contributed by atoms with Crippen LogP contribution in [0, 0.1) is 0 Å². The molecule has 0 saturated heterocycles. The lowest BCUT2D eigenvalue weighted by Crippen LogP contribution is -2.60. The molecule has 1 aromatic carbocycles. The smallest absolute Gasteiger partial charge is 0.313 e. The van der Waals surface area contributed by atoms with Gasteiger partial charge in [0.1, 0.15) is 5.60 Å². The molecule has 0 amide bonds. The van der Waals surface area contributed by atoms with Crippen molar-refractivity contribution in [1.82, 2.24) is 0 Å². The zero-order valence-electron chi connectivity index (χ0n) is 18.5. The van der Waals surface area contributed by atoms with Gasteiger partial charge in [0.25, 0.3) is 0 Å². The maximum Gasteiger partial charge on any atom is 0.313 e. The molecule has 4 heteroatoms. The van der Waals surface area contributed by atoms with Crippen molar-refractivity contribution in [1.29, 1.82) is 0 Å². The van der Waals surface area contributed by atoms with Crippen molar-refractivity contribution >= 4 is 0 Å². The van der Waals surface area contributed by atoms with E-state index >= 15 is 0 Å². The molecule has 1 rings (SSSR count). The lowest BCUT2D eigenvalue weighted by Gasteiger charge is -2.45. The van der Waals surface area contributed by atoms with Gasteiger partial charge in [0.2, 0.25) is 0 Å². The molecule has 0 radical (unpaired) electrons. The molecule has 1 N–H and O–H groups in total. The number of hydrogen-bond acceptors (Lipinski definition) is 4. The Morgan fingerprint density at radius 2 is 1.36 bits per heavy atom. The lowest BCUT2D eigenvalue weighted by molar-refractivity contribution is -0.435. The van der Waals surface area contributed by atoms with Crippen molar-refractivity contribution in [2.45, 2.75) is 96.6 Å². The molecule has 1 aromatic rings. The van der Waals surface area contributed by atoms with E-state index in [1.807, 2.05) is 44.2 Å². The van der Waals surface area contributed by atoms with E-state index in [9.17, 15) is 5.11 Å². The van der Waals surface area contributed by atoms with Crippen LogP contribution < -0.4 is 0 Å². The van der Waals surface area contributed by atoms with Gasteiger partial charge in [-0.3, -0.25) is 0 Å². The second-order valence-corrected chi connectivity index (χ2v) is 7.67. The van der Waals surface area contributed by atoms with Crippen LogP contribution >= 0.6 is 0 Å². The highest BCUT2D eigenvalue weighted by atomic mass is 16.9. The van der Waals surface area contributed by atoms with Crippen LogP contribution in [0.4, 0.5) is 0 Å². The van der Waals surface area contributed by atoms with Gasteiger partial charge in [0.15, 0.2) is 0 Å². The van der Waals surface area contributed by atoms with Crippen LogP contribution in [0.5, 0.6) is 0 Å². The quantitative estimate of drug-likeness (QED) is 0.265. The van der Waals surface area contributed by atoms with Crippen LogP contribution in [0.3, 0.4) is 0 Å². The number of ether oxygens (including phenoxy) is 3. The first kappa shape index (κ1) is 25.1. The molecule has 0 saturated carbocycles. The Balaban J connectivity index is 3.01. The van der Waals surface area contributed by atoms with E-state index in [0.29, 0.717) is 26.1 Å². The van der Waals surface area contributed by atoms with Gasteiger partial charge in [-0.15, -0.1) is 0 Å². The summed E-state index contributed by atoms with van der Waals surface area (Å²) in [6.07, 6.45) is 9.65. The minimum atomic E-state index is -1.45. The second kappa shape index (κ2) is 14.1. The fourth-order valence-electron chi connectivity index (χ4n) is 3.57. The molecule has 0 aliphatic rings. The van der Waals surface area contributed by atoms with E-state index in [1.165, 1.54) is 25.7 Å². The Morgan fingerprint density at radius 3 is 1.89 bits per heavy atom. The van der Waals surface area contributed by atoms with Gasteiger partial charge in [-0.1, -0.05) is 89.6 Å². The van der Waals surface area contributed by atoms with Crippen molar-refractivity contribution in [2.24, 2.45) is 0 Å². The molecule has 0 aliphatic heterocycles. The summed E-state index contributed by atoms with van der Waals surface area (Å²) < 4.78 is 17.9. The van der Waals surface area contributed by atoms with E-state index in [1.54, 1.807) is 7.11 Å². The Hall–Kier alpha value is -0.940. The first-order valence-electron chi connectivity index (χ1n) is 11.2. The highest BCUT2D eigenvalue weighted by Crippen LogP contribution is 2.37. The predicted molar refractivity (Wildman–Crippen MR) is 115 cm³/mol. The highest BCUT2D eigenvalue weighted by Gasteiger charge is 2.53. The van der Waals surface area contributed by atoms with Crippen molar-refractivity contribution in [2.75, 3.05) is 20.3 Å². The maximum absolute atomic E-state index is 11.9. The van der Waals surface area contributed by atoms with Crippen LogP contribution in [-0.2, 0) is 20.6 Å². The number of methoxy groups -OCH3 is 1. The largest absolute Gasteiger partial charge is 0.381 e. The average molecular weight is 395 g/mol. The molecular formula is C24H42O4. The van der Waals surface area contributed by atoms with Crippen LogP contribution in [0.2, 0.25) is 0 Å². The van der Waals surface area contributed by atoms with E-state index in [-0.39, 0.29) is 0 Å². The summed E-state index contributed by atoms with van der Waals surface area (Å²) in [6.45, 7) is 7.27. The van der Waals surface area contributed by atoms with Gasteiger partial charge in [0.05, 0.1) is 13.2 Å². The Morgan fingerprint density at radius 1 is 0.786 bits per heavy atom. The molecule has 0 aromatic heterocycles. The minimum absolute atomic E-state index is 0.435. The third-order valence-electron chi connectivity index (χ3n) is 5.11. The highest BCUT2D eigenvalue weighted by molar-refractivity contribution is 5.18. The maximum atomic E-state index is 11.9. The Bertz CT molecular complexity index is 483. The Labute approximate surface area is 172 Å². The minimum Gasteiger partial charge on any atom is -0.381 e. The molecule has 1 atom stereocenters. The molecule has 0 spiro atoms. The number of unbranched alkanes of at least 4 members (excludes halogenated alkanes) is 5. The van der Waals surface area contributed by atoms with Gasteiger partial charge < -0.3 is 19.3 Å². The van der Waals surface area contributed by atoms with E-state index < -0.39 is 11.6 Å². The standard InChI is InChI=1S/C24H42O4/c1-5-8-9-10-11-15-18-23(25,21-22-16-13-12-14-17-22)24(26-4,27-19-6-2)28-20-7-3/h12-14,16-17,25H,5-11,15,18-21H2,1-4H3. The van der Waals surface area contributed by atoms with Crippen LogP contribution in [0.15, 0.2) is 30.3 Å². The van der Waals surface area contributed by atoms with Crippen molar-refractivity contribution < 1.29 is 19.3 Å². The predicted octanol–water partition coefficient (Wildman–Crippen LogP) is 5.86. The topological polar surface area (TPSA) is 47.9 Å². The van der Waals surface area contributed by atoms with Gasteiger partial charge >= 0.3 is 5.97 Å². The van der Waals surface area contributed by atoms with Crippen molar-refractivity contribution in [3.8, 4) is 0 Å². The summed E-state index contributed by atoms with van der Waals surface area (Å²) in [4.78, 5) is 0. The molecule has 162 valence electrons. The third-order valence-corrected chi connectivity index (χ3v) is 5.11. The summed E-state index contributed by atoms with van der Waals surface area (Å²) in [7, 11) is 1.57. The molecule has 4 nitrogen and oxygen atoms in total. The molecule has 28 heavy (non-hydrogen) atoms. The fourth-order valence-corrected chi connectivity index (χ4v) is 3.57. The number of rotatable bonds is 17. The molecule has 0 heterocycles. The zero-order chi connectivity index (χ0) is 20.7. The summed E-state index contributed by atoms with van der Waals surface area (Å²) in [6, 6.07) is 10.0. The van der Waals surface area contributed by atoms with Crippen LogP contribution in [-0.4, -0.2) is 37.0 Å². The van der Waals surface area contributed by atoms with Crippen molar-refractivity contribution in [3.05, 3.63) is 35.9 Å². The van der Waals surface area contributed by atoms with Gasteiger partial charge in [-0.2, -0.15) is 0 Å². The van der Waals surface area contributed by atoms with E-state index in [2.05, 4.69) is 6.92 Å². The molecule has 0 fully saturated rings. The van der Waals surface area contributed by atoms with Crippen LogP contribution in [0.1, 0.15) is 84.1 Å². The number of hydrogen-bond donors (Lipinski definition) is 1. The molecule has 1 unspecified atom stereocenters. The first-order chi connectivity index (χ1) is 13.6. The summed E-state index contributed by atoms with van der Waals surface area (Å²) in [5.74, 6) is -1.45. The summed E-state index contributed by atoms with van der Waals surface area (Å²) in [5, 5.41) is 11.9. The normalized spacial score (nSPS) is 14.2. The second-order valence-electron chi connectivity index (χ2n) is 7.67. The van der Waals surface area contributed by atoms with Crippen LogP contribution in [0.25, 0.3) is 0 Å². The van der Waals surface area contributed by atoms with Gasteiger partial charge in [0, 0.05) is 13.5 Å². The average Bonchev–Trinajstić information content (AvgIpc) is 2.72. The summed E-state index contributed by atoms with van der Waals surface area (Å²) >= 11 is 0. The van der Waals surface area contributed by atoms with E-state index in [4.69, 9.17) is 14.2 Å². The third kappa shape index (κ3) is 7.82. The zero-order valence-corrected chi connectivity index (χ0v) is 18.5. The van der Waals surface area contributed by atoms with Gasteiger partial charge in [-0.25, -0.2) is 0 Å². The molecule has 0 aliphatic carbocycles. The lowest BCUT2D eigenvalue weighted by atomic mass is 9.86. The molecule has 0 bridgehead atoms. The monoisotopic (exact) mass is 394 g/mol.